The number of hydrogen-bond donors (Lipinski definition) is 1. The average Bonchev–Trinajstić information content (AvgIpc) is 2.73. The topological polar surface area (TPSA) is 86.3 Å². The van der Waals surface area contributed by atoms with E-state index in [0.717, 1.165) is 4.73 Å². The van der Waals surface area contributed by atoms with Crippen LogP contribution >= 0.6 is 0 Å². The van der Waals surface area contributed by atoms with Crippen LogP contribution in [0.3, 0.4) is 0 Å². The zero-order chi connectivity index (χ0) is 15.0. The van der Waals surface area contributed by atoms with Crippen molar-refractivity contribution >= 4 is 17.1 Å². The lowest BCUT2D eigenvalue weighted by Gasteiger charge is -2.10. The Morgan fingerprint density at radius 3 is 2.55 bits per heavy atom. The van der Waals surface area contributed by atoms with Gasteiger partial charge in [0.25, 0.3) is 0 Å². The molecule has 0 amide bonds. The van der Waals surface area contributed by atoms with E-state index in [1.165, 1.54) is 6.92 Å². The number of fused-ring (bicyclic) bond motifs is 1. The van der Waals surface area contributed by atoms with Crippen molar-refractivity contribution in [3.05, 3.63) is 27.3 Å². The molecule has 0 fully saturated rings. The highest BCUT2D eigenvalue weighted by Crippen LogP contribution is 2.16. The van der Waals surface area contributed by atoms with Crippen molar-refractivity contribution in [1.29, 1.82) is 0 Å². The second kappa shape index (κ2) is 4.99. The van der Waals surface area contributed by atoms with Gasteiger partial charge in [-0.2, -0.15) is 4.73 Å². The number of ether oxygens (including phenoxy) is 1. The molecule has 7 heteroatoms. The summed E-state index contributed by atoms with van der Waals surface area (Å²) in [5.41, 5.74) is -0.136. The third kappa shape index (κ3) is 1.86. The second-order valence-corrected chi connectivity index (χ2v) is 4.40. The Morgan fingerprint density at radius 2 is 2.00 bits per heavy atom. The van der Waals surface area contributed by atoms with Crippen LogP contribution in [0.5, 0.6) is 0 Å². The molecule has 2 rings (SSSR count). The number of nitrogens with zero attached hydrogens (tertiary/aromatic N) is 3. The van der Waals surface area contributed by atoms with E-state index in [2.05, 4.69) is 4.98 Å². The number of imidazole rings is 1. The molecule has 7 nitrogen and oxygen atoms in total. The standard InChI is InChI=1S/C13H17N3O4/c1-5-15-8(4)14-12-10(15)11(17)9(7(3)16(12)19)13(18)20-6-2/h19H,5-6H2,1-4H3. The van der Waals surface area contributed by atoms with Crippen molar-refractivity contribution in [2.75, 3.05) is 6.61 Å². The number of pyridine rings is 1. The molecule has 1 N–H and O–H groups in total. The highest BCUT2D eigenvalue weighted by atomic mass is 16.5. The molecule has 0 aliphatic heterocycles. The van der Waals surface area contributed by atoms with Crippen LogP contribution in [0.15, 0.2) is 4.79 Å². The molecule has 0 aliphatic rings. The highest BCUT2D eigenvalue weighted by Gasteiger charge is 2.24. The van der Waals surface area contributed by atoms with Crippen LogP contribution in [0.1, 0.15) is 35.7 Å². The molecule has 0 saturated heterocycles. The van der Waals surface area contributed by atoms with Crippen molar-refractivity contribution < 1.29 is 14.7 Å². The summed E-state index contributed by atoms with van der Waals surface area (Å²) in [4.78, 5) is 28.6. The van der Waals surface area contributed by atoms with Gasteiger partial charge in [0.2, 0.25) is 5.43 Å². The maximum absolute atomic E-state index is 12.5. The van der Waals surface area contributed by atoms with Crippen molar-refractivity contribution in [2.24, 2.45) is 0 Å². The van der Waals surface area contributed by atoms with Crippen molar-refractivity contribution in [3.8, 4) is 0 Å². The molecule has 108 valence electrons. The molecule has 0 aromatic carbocycles. The van der Waals surface area contributed by atoms with Gasteiger partial charge in [0.15, 0.2) is 5.65 Å². The summed E-state index contributed by atoms with van der Waals surface area (Å²) >= 11 is 0. The predicted octanol–water partition coefficient (Wildman–Crippen LogP) is 1.25. The number of carbonyl (C=O) groups excluding carboxylic acids is 1. The lowest BCUT2D eigenvalue weighted by Crippen LogP contribution is -2.25. The van der Waals surface area contributed by atoms with Crippen molar-refractivity contribution in [1.82, 2.24) is 14.3 Å². The van der Waals surface area contributed by atoms with Crippen LogP contribution in [0.4, 0.5) is 0 Å². The Balaban J connectivity index is 2.91. The minimum atomic E-state index is -0.735. The van der Waals surface area contributed by atoms with Crippen LogP contribution in [0.25, 0.3) is 11.2 Å². The van der Waals surface area contributed by atoms with Crippen molar-refractivity contribution in [3.63, 3.8) is 0 Å². The maximum atomic E-state index is 12.5. The first kappa shape index (κ1) is 14.1. The average molecular weight is 279 g/mol. The van der Waals surface area contributed by atoms with Gasteiger partial charge >= 0.3 is 5.97 Å². The smallest absolute Gasteiger partial charge is 0.344 e. The summed E-state index contributed by atoms with van der Waals surface area (Å²) in [7, 11) is 0. The van der Waals surface area contributed by atoms with Crippen molar-refractivity contribution in [2.45, 2.75) is 34.2 Å². The molecule has 2 aromatic rings. The Kier molecular flexibility index (Phi) is 3.52. The van der Waals surface area contributed by atoms with Gasteiger partial charge < -0.3 is 14.5 Å². The van der Waals surface area contributed by atoms with Gasteiger partial charge in [-0.1, -0.05) is 0 Å². The Morgan fingerprint density at radius 1 is 1.35 bits per heavy atom. The Hall–Kier alpha value is -2.31. The summed E-state index contributed by atoms with van der Waals surface area (Å²) in [5, 5.41) is 10.1. The van der Waals surface area contributed by atoms with Gasteiger partial charge in [0.1, 0.15) is 16.9 Å². The minimum absolute atomic E-state index is 0.127. The molecule has 0 unspecified atom stereocenters. The van der Waals surface area contributed by atoms with E-state index >= 15 is 0 Å². The molecular weight excluding hydrogens is 262 g/mol. The number of aromatic nitrogens is 3. The van der Waals surface area contributed by atoms with E-state index in [0.29, 0.717) is 12.4 Å². The van der Waals surface area contributed by atoms with E-state index in [1.54, 1.807) is 18.4 Å². The van der Waals surface area contributed by atoms with Gasteiger partial charge in [-0.25, -0.2) is 9.78 Å². The molecule has 0 spiro atoms. The third-order valence-electron chi connectivity index (χ3n) is 3.26. The van der Waals surface area contributed by atoms with Crippen LogP contribution in [0, 0.1) is 13.8 Å². The fourth-order valence-electron chi connectivity index (χ4n) is 2.30. The number of hydrogen-bond acceptors (Lipinski definition) is 5. The van der Waals surface area contributed by atoms with Crippen LogP contribution in [0.2, 0.25) is 0 Å². The van der Waals surface area contributed by atoms with Crippen LogP contribution in [-0.4, -0.2) is 32.1 Å². The SMILES string of the molecule is CCOC(=O)c1c(C)n(O)c2nc(C)n(CC)c2c1=O. The Bertz CT molecular complexity index is 742. The lowest BCUT2D eigenvalue weighted by molar-refractivity contribution is 0.0518. The third-order valence-corrected chi connectivity index (χ3v) is 3.26. The maximum Gasteiger partial charge on any atom is 0.344 e. The van der Waals surface area contributed by atoms with Gasteiger partial charge in [-0.05, 0) is 27.7 Å². The summed E-state index contributed by atoms with van der Waals surface area (Å²) in [6.45, 7) is 7.41. The fraction of sp³-hybridized carbons (Fsp3) is 0.462. The molecular formula is C13H17N3O4. The first-order chi connectivity index (χ1) is 9.43. The summed E-state index contributed by atoms with van der Waals surface area (Å²) in [5.74, 6) is -0.135. The predicted molar refractivity (Wildman–Crippen MR) is 72.3 cm³/mol. The first-order valence-electron chi connectivity index (χ1n) is 6.42. The second-order valence-electron chi connectivity index (χ2n) is 4.40. The first-order valence-corrected chi connectivity index (χ1v) is 6.42. The summed E-state index contributed by atoms with van der Waals surface area (Å²) in [6, 6.07) is 0. The van der Waals surface area contributed by atoms with E-state index < -0.39 is 11.4 Å². The molecule has 0 aliphatic carbocycles. The minimum Gasteiger partial charge on any atom is -0.462 e. The van der Waals surface area contributed by atoms with Gasteiger partial charge in [-0.15, -0.1) is 0 Å². The zero-order valence-electron chi connectivity index (χ0n) is 11.9. The highest BCUT2D eigenvalue weighted by molar-refractivity contribution is 5.94. The van der Waals surface area contributed by atoms with Crippen LogP contribution < -0.4 is 5.43 Å². The molecule has 2 heterocycles. The quantitative estimate of drug-likeness (QED) is 0.675. The fourth-order valence-corrected chi connectivity index (χ4v) is 2.30. The molecule has 20 heavy (non-hydrogen) atoms. The molecule has 0 saturated carbocycles. The molecule has 2 aromatic heterocycles. The van der Waals surface area contributed by atoms with E-state index in [4.69, 9.17) is 4.74 Å². The van der Waals surface area contributed by atoms with Crippen LogP contribution in [-0.2, 0) is 11.3 Å². The normalized spacial score (nSPS) is 11.0. The Labute approximate surface area is 115 Å². The van der Waals surface area contributed by atoms with E-state index in [1.807, 2.05) is 6.92 Å². The van der Waals surface area contributed by atoms with Gasteiger partial charge in [-0.3, -0.25) is 4.79 Å². The summed E-state index contributed by atoms with van der Waals surface area (Å²) < 4.78 is 7.31. The molecule has 0 radical (unpaired) electrons. The molecule has 0 atom stereocenters. The number of aryl methyl sites for hydroxylation is 2. The van der Waals surface area contributed by atoms with Gasteiger partial charge in [0, 0.05) is 6.54 Å². The monoisotopic (exact) mass is 279 g/mol. The molecule has 0 bridgehead atoms. The number of esters is 1. The zero-order valence-corrected chi connectivity index (χ0v) is 11.9. The largest absolute Gasteiger partial charge is 0.462 e. The van der Waals surface area contributed by atoms with Gasteiger partial charge in [0.05, 0.1) is 12.3 Å². The van der Waals surface area contributed by atoms with E-state index in [-0.39, 0.29) is 29.0 Å². The lowest BCUT2D eigenvalue weighted by atomic mass is 10.2. The summed E-state index contributed by atoms with van der Waals surface area (Å²) in [6.07, 6.45) is 0. The van der Waals surface area contributed by atoms with E-state index in [9.17, 15) is 14.8 Å². The number of rotatable bonds is 3. The number of carbonyl (C=O) groups is 1.